The SMILES string of the molecule is CCCC1=Cc2c(ccc(CC)c2-c2cc(C(C)(C)C)cc(C(C)(C)C)c2)C1. The lowest BCUT2D eigenvalue weighted by atomic mass is 9.78. The fraction of sp³-hybridized carbons (Fsp3) is 0.500. The van der Waals surface area contributed by atoms with E-state index < -0.39 is 0 Å². The third kappa shape index (κ3) is 4.12. The van der Waals surface area contributed by atoms with E-state index in [9.17, 15) is 0 Å². The van der Waals surface area contributed by atoms with Gasteiger partial charge in [0.05, 0.1) is 0 Å². The number of aryl methyl sites for hydroxylation is 1. The van der Waals surface area contributed by atoms with Gasteiger partial charge in [-0.3, -0.25) is 0 Å². The lowest BCUT2D eigenvalue weighted by Gasteiger charge is -2.27. The van der Waals surface area contributed by atoms with E-state index in [1.807, 2.05) is 0 Å². The molecule has 0 amide bonds. The molecule has 0 fully saturated rings. The molecule has 2 aromatic rings. The van der Waals surface area contributed by atoms with Crippen LogP contribution in [0.2, 0.25) is 0 Å². The van der Waals surface area contributed by atoms with Crippen LogP contribution in [0, 0.1) is 0 Å². The van der Waals surface area contributed by atoms with Crippen molar-refractivity contribution in [2.45, 2.75) is 91.9 Å². The molecule has 150 valence electrons. The third-order valence-electron chi connectivity index (χ3n) is 6.09. The predicted octanol–water partition coefficient (Wildman–Crippen LogP) is 8.25. The first kappa shape index (κ1) is 20.9. The summed E-state index contributed by atoms with van der Waals surface area (Å²) in [5, 5.41) is 0. The molecule has 3 rings (SSSR count). The molecule has 0 saturated carbocycles. The summed E-state index contributed by atoms with van der Waals surface area (Å²) in [6, 6.07) is 12.1. The zero-order valence-corrected chi connectivity index (χ0v) is 19.3. The van der Waals surface area contributed by atoms with Crippen LogP contribution in [0.4, 0.5) is 0 Å². The van der Waals surface area contributed by atoms with Crippen LogP contribution in [0.25, 0.3) is 17.2 Å². The molecule has 0 aromatic heterocycles. The van der Waals surface area contributed by atoms with Crippen LogP contribution in [0.3, 0.4) is 0 Å². The highest BCUT2D eigenvalue weighted by atomic mass is 14.3. The molecular weight excluding hydrogens is 336 g/mol. The summed E-state index contributed by atoms with van der Waals surface area (Å²) in [7, 11) is 0. The maximum Gasteiger partial charge on any atom is -0.00576 e. The number of fused-ring (bicyclic) bond motifs is 1. The molecule has 0 heterocycles. The van der Waals surface area contributed by atoms with Crippen molar-refractivity contribution in [3.63, 3.8) is 0 Å². The first-order valence-corrected chi connectivity index (χ1v) is 11.0. The third-order valence-corrected chi connectivity index (χ3v) is 6.09. The summed E-state index contributed by atoms with van der Waals surface area (Å²) >= 11 is 0. The summed E-state index contributed by atoms with van der Waals surface area (Å²) in [6.07, 6.45) is 7.14. The van der Waals surface area contributed by atoms with Crippen molar-refractivity contribution in [3.05, 3.63) is 63.7 Å². The highest BCUT2D eigenvalue weighted by Crippen LogP contribution is 2.41. The molecule has 0 heteroatoms. The van der Waals surface area contributed by atoms with Crippen LogP contribution in [0.15, 0.2) is 35.9 Å². The lowest BCUT2D eigenvalue weighted by Crippen LogP contribution is -2.16. The second-order valence-corrected chi connectivity index (χ2v) is 10.6. The van der Waals surface area contributed by atoms with Crippen molar-refractivity contribution in [2.75, 3.05) is 0 Å². The van der Waals surface area contributed by atoms with Gasteiger partial charge in [0.2, 0.25) is 0 Å². The fourth-order valence-corrected chi connectivity index (χ4v) is 4.28. The lowest BCUT2D eigenvalue weighted by molar-refractivity contribution is 0.569. The van der Waals surface area contributed by atoms with Gasteiger partial charge in [0.1, 0.15) is 0 Å². The molecule has 0 N–H and O–H groups in total. The van der Waals surface area contributed by atoms with E-state index >= 15 is 0 Å². The van der Waals surface area contributed by atoms with E-state index in [0.717, 1.165) is 12.8 Å². The average molecular weight is 375 g/mol. The summed E-state index contributed by atoms with van der Waals surface area (Å²) < 4.78 is 0. The summed E-state index contributed by atoms with van der Waals surface area (Å²) in [5.74, 6) is 0. The molecule has 1 aliphatic rings. The first-order valence-electron chi connectivity index (χ1n) is 11.0. The van der Waals surface area contributed by atoms with Crippen molar-refractivity contribution in [1.29, 1.82) is 0 Å². The molecule has 2 aromatic carbocycles. The Morgan fingerprint density at radius 3 is 1.93 bits per heavy atom. The fourth-order valence-electron chi connectivity index (χ4n) is 4.28. The largest absolute Gasteiger partial charge is 0.0652 e. The van der Waals surface area contributed by atoms with Crippen LogP contribution in [0.1, 0.15) is 96.0 Å². The number of hydrogen-bond donors (Lipinski definition) is 0. The van der Waals surface area contributed by atoms with Gasteiger partial charge in [-0.1, -0.05) is 104 Å². The molecular formula is C28H38. The van der Waals surface area contributed by atoms with E-state index in [1.54, 1.807) is 5.57 Å². The van der Waals surface area contributed by atoms with Gasteiger partial charge in [-0.15, -0.1) is 0 Å². The Hall–Kier alpha value is -1.82. The molecule has 0 bridgehead atoms. The highest BCUT2D eigenvalue weighted by Gasteiger charge is 2.24. The van der Waals surface area contributed by atoms with Crippen LogP contribution in [-0.4, -0.2) is 0 Å². The zero-order chi connectivity index (χ0) is 20.7. The Balaban J connectivity index is 2.28. The molecule has 0 aliphatic heterocycles. The normalized spacial score (nSPS) is 14.2. The van der Waals surface area contributed by atoms with Gasteiger partial charge in [0.15, 0.2) is 0 Å². The maximum atomic E-state index is 2.49. The molecule has 0 spiro atoms. The molecule has 28 heavy (non-hydrogen) atoms. The second kappa shape index (κ2) is 7.54. The van der Waals surface area contributed by atoms with Crippen molar-refractivity contribution in [1.82, 2.24) is 0 Å². The summed E-state index contributed by atoms with van der Waals surface area (Å²) in [5.41, 5.74) is 12.1. The number of benzene rings is 2. The number of hydrogen-bond acceptors (Lipinski definition) is 0. The maximum absolute atomic E-state index is 2.49. The van der Waals surface area contributed by atoms with E-state index in [4.69, 9.17) is 0 Å². The van der Waals surface area contributed by atoms with Crippen LogP contribution >= 0.6 is 0 Å². The van der Waals surface area contributed by atoms with E-state index in [0.29, 0.717) is 0 Å². The first-order chi connectivity index (χ1) is 13.0. The minimum Gasteiger partial charge on any atom is -0.0652 e. The average Bonchev–Trinajstić information content (AvgIpc) is 3.01. The monoisotopic (exact) mass is 374 g/mol. The number of allylic oxidation sites excluding steroid dienone is 1. The minimum absolute atomic E-state index is 0.142. The zero-order valence-electron chi connectivity index (χ0n) is 19.3. The van der Waals surface area contributed by atoms with Crippen LogP contribution in [0.5, 0.6) is 0 Å². The Morgan fingerprint density at radius 1 is 0.821 bits per heavy atom. The Kier molecular flexibility index (Phi) is 5.63. The summed E-state index contributed by atoms with van der Waals surface area (Å²) in [6.45, 7) is 18.5. The van der Waals surface area contributed by atoms with Crippen molar-refractivity contribution >= 4 is 6.08 Å². The van der Waals surface area contributed by atoms with E-state index in [2.05, 4.69) is 91.8 Å². The van der Waals surface area contributed by atoms with Gasteiger partial charge in [-0.05, 0) is 69.0 Å². The van der Waals surface area contributed by atoms with Gasteiger partial charge < -0.3 is 0 Å². The molecule has 0 saturated heterocycles. The molecule has 0 atom stereocenters. The quantitative estimate of drug-likeness (QED) is 0.505. The topological polar surface area (TPSA) is 0 Å². The molecule has 1 aliphatic carbocycles. The van der Waals surface area contributed by atoms with Crippen molar-refractivity contribution in [3.8, 4) is 11.1 Å². The minimum atomic E-state index is 0.142. The molecule has 0 unspecified atom stereocenters. The van der Waals surface area contributed by atoms with E-state index in [-0.39, 0.29) is 10.8 Å². The summed E-state index contributed by atoms with van der Waals surface area (Å²) in [4.78, 5) is 0. The van der Waals surface area contributed by atoms with Crippen molar-refractivity contribution < 1.29 is 0 Å². The van der Waals surface area contributed by atoms with Gasteiger partial charge in [-0.2, -0.15) is 0 Å². The standard InChI is InChI=1S/C28H38/c1-9-11-19-14-21-13-12-20(10-2)26(25(21)15-19)22-16-23(27(3,4)5)18-24(17-22)28(6,7)8/h12-13,15-18H,9-11,14H2,1-8H3. The van der Waals surface area contributed by atoms with Crippen LogP contribution < -0.4 is 0 Å². The Bertz CT molecular complexity index is 863. The van der Waals surface area contributed by atoms with Gasteiger partial charge in [-0.25, -0.2) is 0 Å². The predicted molar refractivity (Wildman–Crippen MR) is 125 cm³/mol. The smallest absolute Gasteiger partial charge is 0.00576 e. The van der Waals surface area contributed by atoms with Crippen molar-refractivity contribution in [2.24, 2.45) is 0 Å². The van der Waals surface area contributed by atoms with E-state index in [1.165, 1.54) is 51.8 Å². The van der Waals surface area contributed by atoms with Crippen LogP contribution in [-0.2, 0) is 23.7 Å². The molecule has 0 nitrogen and oxygen atoms in total. The van der Waals surface area contributed by atoms with Gasteiger partial charge >= 0.3 is 0 Å². The highest BCUT2D eigenvalue weighted by molar-refractivity contribution is 5.84. The van der Waals surface area contributed by atoms with Gasteiger partial charge in [0, 0.05) is 0 Å². The second-order valence-electron chi connectivity index (χ2n) is 10.6. The van der Waals surface area contributed by atoms with Gasteiger partial charge in [0.25, 0.3) is 0 Å². The Morgan fingerprint density at radius 2 is 1.43 bits per heavy atom. The number of rotatable bonds is 4. The molecule has 0 radical (unpaired) electrons. The Labute approximate surface area is 173 Å².